The fourth-order valence-electron chi connectivity index (χ4n) is 2.57. The van der Waals surface area contributed by atoms with Gasteiger partial charge in [-0.05, 0) is 36.4 Å². The fraction of sp³-hybridized carbons (Fsp3) is 0.0500. The van der Waals surface area contributed by atoms with E-state index >= 15 is 0 Å². The van der Waals surface area contributed by atoms with Crippen LogP contribution in [0.5, 0.6) is 0 Å². The van der Waals surface area contributed by atoms with Crippen molar-refractivity contribution in [2.45, 2.75) is 0 Å². The summed E-state index contributed by atoms with van der Waals surface area (Å²) in [5, 5.41) is 16.4. The van der Waals surface area contributed by atoms with Crippen LogP contribution in [0.4, 0.5) is 22.2 Å². The largest absolute Gasteiger partial charge is 0.416 e. The molecule has 0 fully saturated rings. The molecule has 0 saturated carbocycles. The number of hydrogen-bond acceptors (Lipinski definition) is 7. The van der Waals surface area contributed by atoms with E-state index in [-0.39, 0.29) is 5.95 Å². The molecule has 0 aliphatic carbocycles. The third kappa shape index (κ3) is 4.35. The van der Waals surface area contributed by atoms with Gasteiger partial charge in [0.2, 0.25) is 17.7 Å². The van der Waals surface area contributed by atoms with Crippen molar-refractivity contribution in [3.63, 3.8) is 0 Å². The molecule has 2 aromatic heterocycles. The highest BCUT2D eigenvalue weighted by Crippen LogP contribution is 2.26. The van der Waals surface area contributed by atoms with Gasteiger partial charge in [0.25, 0.3) is 0 Å². The number of carbonyl (C=O) groups excluding carboxylic acids is 1. The highest BCUT2D eigenvalue weighted by molar-refractivity contribution is 5.87. The average molecular weight is 387 g/mol. The molecule has 0 saturated heterocycles. The van der Waals surface area contributed by atoms with Gasteiger partial charge in [-0.25, -0.2) is 9.78 Å². The number of hydrogen-bond donors (Lipinski definition) is 3. The number of aromatic nitrogens is 4. The van der Waals surface area contributed by atoms with E-state index in [4.69, 9.17) is 4.42 Å². The van der Waals surface area contributed by atoms with Gasteiger partial charge in [0.15, 0.2) is 0 Å². The van der Waals surface area contributed by atoms with Crippen LogP contribution in [0.25, 0.3) is 22.9 Å². The smallest absolute Gasteiger partial charge is 0.321 e. The molecule has 0 aliphatic rings. The van der Waals surface area contributed by atoms with Gasteiger partial charge in [0.05, 0.1) is 0 Å². The van der Waals surface area contributed by atoms with E-state index in [0.717, 1.165) is 16.8 Å². The zero-order valence-corrected chi connectivity index (χ0v) is 15.5. The molecule has 0 radical (unpaired) electrons. The second kappa shape index (κ2) is 8.17. The fourth-order valence-corrected chi connectivity index (χ4v) is 2.57. The van der Waals surface area contributed by atoms with Crippen molar-refractivity contribution in [1.29, 1.82) is 0 Å². The highest BCUT2D eigenvalue weighted by atomic mass is 16.4. The molecule has 3 N–H and O–H groups in total. The van der Waals surface area contributed by atoms with Crippen LogP contribution in [0.1, 0.15) is 0 Å². The van der Waals surface area contributed by atoms with Crippen LogP contribution >= 0.6 is 0 Å². The third-order valence-corrected chi connectivity index (χ3v) is 3.94. The van der Waals surface area contributed by atoms with E-state index in [1.165, 1.54) is 7.05 Å². The molecule has 9 nitrogen and oxygen atoms in total. The number of nitrogens with one attached hydrogen (secondary N) is 3. The second-order valence-electron chi connectivity index (χ2n) is 5.95. The molecule has 9 heteroatoms. The third-order valence-electron chi connectivity index (χ3n) is 3.94. The van der Waals surface area contributed by atoms with Crippen LogP contribution in [-0.4, -0.2) is 33.2 Å². The van der Waals surface area contributed by atoms with Gasteiger partial charge in [-0.1, -0.05) is 24.3 Å². The van der Waals surface area contributed by atoms with Crippen molar-refractivity contribution < 1.29 is 9.21 Å². The van der Waals surface area contributed by atoms with Crippen molar-refractivity contribution in [3.05, 3.63) is 66.9 Å². The lowest BCUT2D eigenvalue weighted by Gasteiger charge is -2.08. The SMILES string of the molecule is CNC(=O)Nc1nccc(Nc2cccc(-c3nnc(-c4ccccc4)o3)c2)n1. The monoisotopic (exact) mass is 387 g/mol. The number of amides is 2. The molecule has 2 aromatic carbocycles. The van der Waals surface area contributed by atoms with Gasteiger partial charge >= 0.3 is 6.03 Å². The van der Waals surface area contributed by atoms with Crippen molar-refractivity contribution in [2.75, 3.05) is 17.7 Å². The molecule has 4 aromatic rings. The molecule has 0 bridgehead atoms. The Morgan fingerprint density at radius 3 is 2.48 bits per heavy atom. The van der Waals surface area contributed by atoms with Gasteiger partial charge in [-0.2, -0.15) is 4.98 Å². The summed E-state index contributed by atoms with van der Waals surface area (Å²) in [6, 6.07) is 18.4. The Hall–Kier alpha value is -4.27. The summed E-state index contributed by atoms with van der Waals surface area (Å²) in [4.78, 5) is 19.7. The van der Waals surface area contributed by atoms with Crippen LogP contribution in [0.3, 0.4) is 0 Å². The Morgan fingerprint density at radius 2 is 1.69 bits per heavy atom. The summed E-state index contributed by atoms with van der Waals surface area (Å²) < 4.78 is 5.81. The first-order valence-electron chi connectivity index (χ1n) is 8.79. The number of urea groups is 1. The lowest BCUT2D eigenvalue weighted by Crippen LogP contribution is -2.25. The number of benzene rings is 2. The van der Waals surface area contributed by atoms with Crippen LogP contribution in [0.2, 0.25) is 0 Å². The van der Waals surface area contributed by atoms with Crippen LogP contribution in [0, 0.1) is 0 Å². The number of nitrogens with zero attached hydrogens (tertiary/aromatic N) is 4. The first-order valence-corrected chi connectivity index (χ1v) is 8.79. The quantitative estimate of drug-likeness (QED) is 0.478. The number of carbonyl (C=O) groups is 1. The molecule has 144 valence electrons. The first-order chi connectivity index (χ1) is 14.2. The Labute approximate surface area is 166 Å². The van der Waals surface area contributed by atoms with E-state index in [1.807, 2.05) is 54.6 Å². The molecule has 2 heterocycles. The van der Waals surface area contributed by atoms with Gasteiger partial charge in [-0.3, -0.25) is 5.32 Å². The number of anilines is 3. The minimum atomic E-state index is -0.394. The highest BCUT2D eigenvalue weighted by Gasteiger charge is 2.11. The maximum absolute atomic E-state index is 11.4. The summed E-state index contributed by atoms with van der Waals surface area (Å²) in [5.74, 6) is 1.59. The van der Waals surface area contributed by atoms with Crippen molar-refractivity contribution >= 4 is 23.5 Å². The van der Waals surface area contributed by atoms with Crippen LogP contribution in [-0.2, 0) is 0 Å². The Balaban J connectivity index is 1.53. The molecule has 0 unspecified atom stereocenters. The second-order valence-corrected chi connectivity index (χ2v) is 5.95. The summed E-state index contributed by atoms with van der Waals surface area (Å²) in [5.41, 5.74) is 2.40. The minimum absolute atomic E-state index is 0.190. The van der Waals surface area contributed by atoms with Gasteiger partial charge in [-0.15, -0.1) is 10.2 Å². The zero-order valence-electron chi connectivity index (χ0n) is 15.5. The molecule has 4 rings (SSSR count). The van der Waals surface area contributed by atoms with E-state index < -0.39 is 6.03 Å². The molecule has 0 atom stereocenters. The van der Waals surface area contributed by atoms with Crippen LogP contribution in [0.15, 0.2) is 71.3 Å². The standard InChI is InChI=1S/C20H17N7O2/c1-21-20(28)25-19-22-11-10-16(24-19)23-15-9-5-8-14(12-15)18-27-26-17(29-18)13-6-3-2-4-7-13/h2-12H,1H3,(H3,21,22,23,24,25,28). The normalized spacial score (nSPS) is 10.4. The Kier molecular flexibility index (Phi) is 5.10. The van der Waals surface area contributed by atoms with E-state index in [9.17, 15) is 4.79 Å². The molecule has 2 amide bonds. The Bertz CT molecular complexity index is 1130. The lowest BCUT2D eigenvalue weighted by atomic mass is 10.2. The topological polar surface area (TPSA) is 118 Å². The molecule has 0 aliphatic heterocycles. The average Bonchev–Trinajstić information content (AvgIpc) is 3.25. The summed E-state index contributed by atoms with van der Waals surface area (Å²) in [6.07, 6.45) is 1.55. The van der Waals surface area contributed by atoms with Crippen molar-refractivity contribution in [2.24, 2.45) is 0 Å². The van der Waals surface area contributed by atoms with Gasteiger partial charge < -0.3 is 15.1 Å². The summed E-state index contributed by atoms with van der Waals surface area (Å²) in [7, 11) is 1.52. The molecule has 0 spiro atoms. The van der Waals surface area contributed by atoms with Gasteiger partial charge in [0.1, 0.15) is 5.82 Å². The maximum Gasteiger partial charge on any atom is 0.321 e. The predicted molar refractivity (Wildman–Crippen MR) is 109 cm³/mol. The van der Waals surface area contributed by atoms with Crippen molar-refractivity contribution in [3.8, 4) is 22.9 Å². The van der Waals surface area contributed by atoms with Crippen LogP contribution < -0.4 is 16.0 Å². The maximum atomic E-state index is 11.4. The predicted octanol–water partition coefficient (Wildman–Crippen LogP) is 3.69. The summed E-state index contributed by atoms with van der Waals surface area (Å²) in [6.45, 7) is 0. The lowest BCUT2D eigenvalue weighted by molar-refractivity contribution is 0.254. The van der Waals surface area contributed by atoms with Gasteiger partial charge in [0, 0.05) is 30.1 Å². The summed E-state index contributed by atoms with van der Waals surface area (Å²) >= 11 is 0. The van der Waals surface area contributed by atoms with Crippen molar-refractivity contribution in [1.82, 2.24) is 25.5 Å². The molecule has 29 heavy (non-hydrogen) atoms. The Morgan fingerprint density at radius 1 is 0.931 bits per heavy atom. The van der Waals surface area contributed by atoms with E-state index in [0.29, 0.717) is 17.6 Å². The van der Waals surface area contributed by atoms with E-state index in [1.54, 1.807) is 12.3 Å². The molecular weight excluding hydrogens is 370 g/mol. The zero-order chi connectivity index (χ0) is 20.1. The molecular formula is C20H17N7O2. The van der Waals surface area contributed by atoms with E-state index in [2.05, 4.69) is 36.1 Å². The first kappa shape index (κ1) is 18.1. The number of rotatable bonds is 5. The minimum Gasteiger partial charge on any atom is -0.416 e.